The summed E-state index contributed by atoms with van der Waals surface area (Å²) in [7, 11) is 2.03. The summed E-state index contributed by atoms with van der Waals surface area (Å²) < 4.78 is 2.10. The number of aryl methyl sites for hydroxylation is 1. The minimum Gasteiger partial charge on any atom is -0.346 e. The number of thioether (sulfide) groups is 1. The number of rotatable bonds is 7. The van der Waals surface area contributed by atoms with Crippen LogP contribution in [-0.4, -0.2) is 50.5 Å². The monoisotopic (exact) mass is 424 g/mol. The Kier molecular flexibility index (Phi) is 6.52. The van der Waals surface area contributed by atoms with Crippen LogP contribution in [0.2, 0.25) is 0 Å². The Hall–Kier alpha value is -2.61. The van der Waals surface area contributed by atoms with Gasteiger partial charge in [0, 0.05) is 32.5 Å². The van der Waals surface area contributed by atoms with Gasteiger partial charge >= 0.3 is 0 Å². The van der Waals surface area contributed by atoms with Gasteiger partial charge in [-0.15, -0.1) is 0 Å². The van der Waals surface area contributed by atoms with Crippen molar-refractivity contribution >= 4 is 34.7 Å². The van der Waals surface area contributed by atoms with Crippen LogP contribution >= 0.6 is 11.8 Å². The molecule has 2 aromatic heterocycles. The lowest BCUT2D eigenvalue weighted by Crippen LogP contribution is -2.45. The van der Waals surface area contributed by atoms with Crippen LogP contribution in [0.15, 0.2) is 42.7 Å². The second-order valence-electron chi connectivity index (χ2n) is 7.69. The molecule has 2 atom stereocenters. The minimum atomic E-state index is -0.106. The van der Waals surface area contributed by atoms with E-state index < -0.39 is 0 Å². The number of carbonyl (C=O) groups excluding carboxylic acids is 1. The molecule has 1 N–H and O–H groups in total. The van der Waals surface area contributed by atoms with Crippen molar-refractivity contribution < 1.29 is 4.79 Å². The molecule has 1 amide bonds. The number of nitrogens with one attached hydrogen (secondary N) is 1. The van der Waals surface area contributed by atoms with E-state index in [2.05, 4.69) is 37.1 Å². The van der Waals surface area contributed by atoms with E-state index in [1.54, 1.807) is 24.2 Å². The van der Waals surface area contributed by atoms with E-state index in [1.165, 1.54) is 0 Å². The summed E-state index contributed by atoms with van der Waals surface area (Å²) in [6, 6.07) is 9.81. The van der Waals surface area contributed by atoms with Crippen LogP contribution in [0.3, 0.4) is 0 Å². The number of imidazole rings is 1. The van der Waals surface area contributed by atoms with Gasteiger partial charge in [-0.2, -0.15) is 11.8 Å². The SMILES string of the molecule is CSCCC(NC(=O)C1CCCN(c2ncccn2)C1)c1nc2ccccc2n1C. The van der Waals surface area contributed by atoms with Gasteiger partial charge in [-0.05, 0) is 49.5 Å². The molecular weight excluding hydrogens is 396 g/mol. The molecule has 30 heavy (non-hydrogen) atoms. The third kappa shape index (κ3) is 4.43. The second-order valence-corrected chi connectivity index (χ2v) is 8.68. The summed E-state index contributed by atoms with van der Waals surface area (Å²) in [5.74, 6) is 2.59. The maximum atomic E-state index is 13.2. The molecule has 0 aliphatic carbocycles. The summed E-state index contributed by atoms with van der Waals surface area (Å²) in [6.45, 7) is 1.53. The lowest BCUT2D eigenvalue weighted by atomic mass is 9.96. The topological polar surface area (TPSA) is 75.9 Å². The van der Waals surface area contributed by atoms with Gasteiger partial charge in [0.05, 0.1) is 23.0 Å². The van der Waals surface area contributed by atoms with E-state index in [9.17, 15) is 4.79 Å². The average molecular weight is 425 g/mol. The van der Waals surface area contributed by atoms with Gasteiger partial charge in [0.15, 0.2) is 0 Å². The summed E-state index contributed by atoms with van der Waals surface area (Å²) in [6.07, 6.45) is 8.27. The maximum Gasteiger partial charge on any atom is 0.225 e. The Bertz CT molecular complexity index is 992. The molecule has 3 aromatic rings. The molecule has 0 saturated carbocycles. The van der Waals surface area contributed by atoms with Crippen molar-refractivity contribution in [3.8, 4) is 0 Å². The van der Waals surface area contributed by atoms with E-state index in [-0.39, 0.29) is 17.9 Å². The first-order valence-corrected chi connectivity index (χ1v) is 11.8. The molecular formula is C22H28N6OS. The van der Waals surface area contributed by atoms with Gasteiger partial charge in [-0.3, -0.25) is 4.79 Å². The van der Waals surface area contributed by atoms with E-state index in [0.29, 0.717) is 12.5 Å². The first kappa shape index (κ1) is 20.7. The average Bonchev–Trinajstić information content (AvgIpc) is 3.14. The molecule has 7 nitrogen and oxygen atoms in total. The molecule has 1 aliphatic rings. The van der Waals surface area contributed by atoms with Crippen LogP contribution in [0.4, 0.5) is 5.95 Å². The molecule has 0 bridgehead atoms. The quantitative estimate of drug-likeness (QED) is 0.628. The van der Waals surface area contributed by atoms with Crippen molar-refractivity contribution in [2.75, 3.05) is 30.0 Å². The molecule has 0 radical (unpaired) electrons. The number of nitrogens with zero attached hydrogens (tertiary/aromatic N) is 5. The molecule has 2 unspecified atom stereocenters. The van der Waals surface area contributed by atoms with Crippen molar-refractivity contribution in [2.24, 2.45) is 13.0 Å². The third-order valence-electron chi connectivity index (χ3n) is 5.69. The Morgan fingerprint density at radius 3 is 2.83 bits per heavy atom. The van der Waals surface area contributed by atoms with E-state index in [1.807, 2.05) is 31.3 Å². The summed E-state index contributed by atoms with van der Waals surface area (Å²) in [4.78, 5) is 28.9. The van der Waals surface area contributed by atoms with Crippen molar-refractivity contribution in [1.82, 2.24) is 24.8 Å². The molecule has 1 aliphatic heterocycles. The first-order valence-electron chi connectivity index (χ1n) is 10.4. The number of carbonyl (C=O) groups is 1. The fraction of sp³-hybridized carbons (Fsp3) is 0.455. The predicted octanol–water partition coefficient (Wildman–Crippen LogP) is 3.19. The van der Waals surface area contributed by atoms with Crippen molar-refractivity contribution in [3.63, 3.8) is 0 Å². The fourth-order valence-corrected chi connectivity index (χ4v) is 4.57. The van der Waals surface area contributed by atoms with Gasteiger partial charge < -0.3 is 14.8 Å². The highest BCUT2D eigenvalue weighted by Gasteiger charge is 2.29. The van der Waals surface area contributed by atoms with Crippen LogP contribution in [-0.2, 0) is 11.8 Å². The highest BCUT2D eigenvalue weighted by molar-refractivity contribution is 7.98. The Morgan fingerprint density at radius 2 is 2.07 bits per heavy atom. The van der Waals surface area contributed by atoms with E-state index in [0.717, 1.165) is 48.4 Å². The lowest BCUT2D eigenvalue weighted by Gasteiger charge is -2.32. The van der Waals surface area contributed by atoms with Crippen LogP contribution in [0.5, 0.6) is 0 Å². The van der Waals surface area contributed by atoms with Gasteiger partial charge in [-0.25, -0.2) is 15.0 Å². The lowest BCUT2D eigenvalue weighted by molar-refractivity contribution is -0.126. The Balaban J connectivity index is 1.51. The number of para-hydroxylation sites is 2. The van der Waals surface area contributed by atoms with Crippen molar-refractivity contribution in [2.45, 2.75) is 25.3 Å². The highest BCUT2D eigenvalue weighted by atomic mass is 32.2. The van der Waals surface area contributed by atoms with E-state index >= 15 is 0 Å². The predicted molar refractivity (Wildman–Crippen MR) is 122 cm³/mol. The number of piperidine rings is 1. The molecule has 4 rings (SSSR count). The first-order chi connectivity index (χ1) is 14.7. The number of amides is 1. The third-order valence-corrected chi connectivity index (χ3v) is 6.33. The smallest absolute Gasteiger partial charge is 0.225 e. The van der Waals surface area contributed by atoms with E-state index in [4.69, 9.17) is 4.98 Å². The van der Waals surface area contributed by atoms with Gasteiger partial charge in [0.1, 0.15) is 5.82 Å². The summed E-state index contributed by atoms with van der Waals surface area (Å²) in [5.41, 5.74) is 2.05. The number of benzene rings is 1. The number of hydrogen-bond donors (Lipinski definition) is 1. The summed E-state index contributed by atoms with van der Waals surface area (Å²) in [5, 5.41) is 3.31. The zero-order chi connectivity index (χ0) is 20.9. The number of anilines is 1. The minimum absolute atomic E-state index is 0.0750. The fourth-order valence-electron chi connectivity index (χ4n) is 4.09. The van der Waals surface area contributed by atoms with Crippen molar-refractivity contribution in [3.05, 3.63) is 48.5 Å². The van der Waals surface area contributed by atoms with Crippen molar-refractivity contribution in [1.29, 1.82) is 0 Å². The molecule has 8 heteroatoms. The maximum absolute atomic E-state index is 13.2. The Labute approximate surface area is 181 Å². The second kappa shape index (κ2) is 9.47. The van der Waals surface area contributed by atoms with Gasteiger partial charge in [0.25, 0.3) is 0 Å². The summed E-state index contributed by atoms with van der Waals surface area (Å²) >= 11 is 1.78. The Morgan fingerprint density at radius 1 is 1.27 bits per heavy atom. The number of aromatic nitrogens is 4. The van der Waals surface area contributed by atoms with Crippen LogP contribution in [0.1, 0.15) is 31.1 Å². The molecule has 1 fully saturated rings. The van der Waals surface area contributed by atoms with Crippen LogP contribution in [0.25, 0.3) is 11.0 Å². The molecule has 1 aromatic carbocycles. The normalized spacial score (nSPS) is 17.8. The molecule has 3 heterocycles. The number of fused-ring (bicyclic) bond motifs is 1. The molecule has 1 saturated heterocycles. The highest BCUT2D eigenvalue weighted by Crippen LogP contribution is 2.25. The van der Waals surface area contributed by atoms with Crippen LogP contribution < -0.4 is 10.2 Å². The van der Waals surface area contributed by atoms with Gasteiger partial charge in [0.2, 0.25) is 11.9 Å². The zero-order valence-corrected chi connectivity index (χ0v) is 18.3. The van der Waals surface area contributed by atoms with Gasteiger partial charge in [-0.1, -0.05) is 12.1 Å². The largest absolute Gasteiger partial charge is 0.346 e. The molecule has 158 valence electrons. The molecule has 0 spiro atoms. The number of hydrogen-bond acceptors (Lipinski definition) is 6. The van der Waals surface area contributed by atoms with Crippen LogP contribution in [0, 0.1) is 5.92 Å². The standard InChI is InChI=1S/C22H28N6OS/c1-27-19-9-4-3-8-17(19)25-20(27)18(10-14-30-2)26-21(29)16-7-5-13-28(15-16)22-23-11-6-12-24-22/h3-4,6,8-9,11-12,16,18H,5,7,10,13-15H2,1-2H3,(H,26,29). The zero-order valence-electron chi connectivity index (χ0n) is 17.5.